The third kappa shape index (κ3) is 6.26. The number of rotatable bonds is 7. The molecule has 3 aromatic rings. The molecule has 0 saturated heterocycles. The van der Waals surface area contributed by atoms with Gasteiger partial charge in [0.1, 0.15) is 0 Å². The average Bonchev–Trinajstić information content (AvgIpc) is 2.84. The summed E-state index contributed by atoms with van der Waals surface area (Å²) in [6, 6.07) is 18.7. The van der Waals surface area contributed by atoms with Crippen molar-refractivity contribution in [1.82, 2.24) is 14.5 Å². The van der Waals surface area contributed by atoms with Gasteiger partial charge in [0, 0.05) is 0 Å². The van der Waals surface area contributed by atoms with Gasteiger partial charge in [-0.05, 0) is 0 Å². The second-order valence-electron chi connectivity index (χ2n) is 9.02. The third-order valence-corrected chi connectivity index (χ3v) is 8.84. The van der Waals surface area contributed by atoms with Crippen LogP contribution in [0.25, 0.3) is 0 Å². The molecule has 2 heterocycles. The van der Waals surface area contributed by atoms with Gasteiger partial charge in [0.15, 0.2) is 0 Å². The van der Waals surface area contributed by atoms with Crippen LogP contribution in [-0.2, 0) is 17.8 Å². The van der Waals surface area contributed by atoms with Crippen LogP contribution in [0.2, 0.25) is 0 Å². The summed E-state index contributed by atoms with van der Waals surface area (Å²) >= 11 is -0.343. The third-order valence-electron chi connectivity index (χ3n) is 6.52. The summed E-state index contributed by atoms with van der Waals surface area (Å²) < 4.78 is 49.9. The van der Waals surface area contributed by atoms with Crippen molar-refractivity contribution in [2.75, 3.05) is 6.54 Å². The van der Waals surface area contributed by atoms with Crippen molar-refractivity contribution >= 4 is 54.3 Å². The summed E-state index contributed by atoms with van der Waals surface area (Å²) in [7, 11) is 0. The number of aromatic nitrogens is 2. The van der Waals surface area contributed by atoms with E-state index in [0.29, 0.717) is 39.7 Å². The van der Waals surface area contributed by atoms with Gasteiger partial charge >= 0.3 is 182 Å². The number of carbonyl (C=O) groups is 1. The van der Waals surface area contributed by atoms with Crippen molar-refractivity contribution in [3.8, 4) is 0 Å². The Morgan fingerprint density at radius 2 is 1.59 bits per heavy atom. The first-order valence-corrected chi connectivity index (χ1v) is 14.9. The predicted molar refractivity (Wildman–Crippen MR) is 140 cm³/mol. The van der Waals surface area contributed by atoms with Gasteiger partial charge in [0.25, 0.3) is 0 Å². The molecule has 2 aromatic carbocycles. The standard InChI is InChI=1S/C26H23F4IN3O2.Tl/c1-16-32-21-15-33(22(35)14-20(24(27)28)26(29,30)31)13-12-19(21)25(36)34(16)23(17-8-4-2-5-9-17)18-10-6-3-7-11-18;/h2-11,20,23H,12-15H2,1H3;. The van der Waals surface area contributed by atoms with E-state index >= 15 is 0 Å². The zero-order valence-corrected chi connectivity index (χ0v) is 26.5. The number of hydrogen-bond acceptors (Lipinski definition) is 3. The summed E-state index contributed by atoms with van der Waals surface area (Å²) in [6.45, 7) is 1.69. The van der Waals surface area contributed by atoms with Crippen LogP contribution in [0.4, 0.5) is 17.6 Å². The molecule has 5 nitrogen and oxygen atoms in total. The molecule has 0 saturated carbocycles. The predicted octanol–water partition coefficient (Wildman–Crippen LogP) is 4.87. The van der Waals surface area contributed by atoms with Gasteiger partial charge in [-0.1, -0.05) is 60.7 Å². The van der Waals surface area contributed by atoms with Gasteiger partial charge in [-0.3, -0.25) is 0 Å². The molecule has 1 aromatic heterocycles. The molecule has 0 bridgehead atoms. The van der Waals surface area contributed by atoms with Crippen molar-refractivity contribution in [1.29, 1.82) is 0 Å². The molecular formula is C26H23F4IN3O2Tl. The van der Waals surface area contributed by atoms with Crippen molar-refractivity contribution in [3.05, 3.63) is 99.2 Å². The van der Waals surface area contributed by atoms with Crippen molar-refractivity contribution < 1.29 is 22.4 Å². The van der Waals surface area contributed by atoms with Gasteiger partial charge in [0.05, 0.1) is 0 Å². The molecule has 0 fully saturated rings. The maximum absolute atomic E-state index is 13.9. The first-order valence-electron chi connectivity index (χ1n) is 11.6. The minimum atomic E-state index is -3.72. The van der Waals surface area contributed by atoms with Crippen LogP contribution in [0.15, 0.2) is 65.5 Å². The molecule has 1 amide bonds. The Kier molecular flexibility index (Phi) is 8.46. The summed E-state index contributed by atoms with van der Waals surface area (Å²) in [4.78, 5) is 32.4. The number of benzene rings is 2. The van der Waals surface area contributed by atoms with Gasteiger partial charge in [-0.15, -0.1) is 0 Å². The summed E-state index contributed by atoms with van der Waals surface area (Å²) in [5, 5.41) is 0. The fourth-order valence-electron chi connectivity index (χ4n) is 4.67. The molecule has 1 atom stereocenters. The van der Waals surface area contributed by atoms with E-state index in [1.807, 2.05) is 60.7 Å². The summed E-state index contributed by atoms with van der Waals surface area (Å²) in [5.74, 6) is -2.72. The van der Waals surface area contributed by atoms with E-state index in [2.05, 4.69) is 4.98 Å². The van der Waals surface area contributed by atoms with Crippen molar-refractivity contribution in [3.63, 3.8) is 0 Å². The van der Waals surface area contributed by atoms with Crippen LogP contribution in [0, 0.1) is 12.8 Å². The molecule has 0 aliphatic carbocycles. The number of aryl methyl sites for hydroxylation is 1. The molecule has 1 aliphatic rings. The van der Waals surface area contributed by atoms with Crippen LogP contribution in [-0.4, -0.2) is 60.1 Å². The zero-order valence-electron chi connectivity index (χ0n) is 19.9. The van der Waals surface area contributed by atoms with E-state index in [0.717, 1.165) is 11.1 Å². The van der Waals surface area contributed by atoms with Gasteiger partial charge in [0.2, 0.25) is 0 Å². The molecule has 11 heteroatoms. The Labute approximate surface area is 241 Å². The monoisotopic (exact) mass is 817 g/mol. The van der Waals surface area contributed by atoms with Gasteiger partial charge in [-0.2, -0.15) is 0 Å². The summed E-state index contributed by atoms with van der Waals surface area (Å²) in [5.41, 5.74) is 2.39. The Bertz CT molecular complexity index is 1270. The minimum absolute atomic E-state index is 0.0711. The van der Waals surface area contributed by atoms with Crippen molar-refractivity contribution in [2.45, 2.75) is 39.8 Å². The normalized spacial score (nSPS) is 14.9. The van der Waals surface area contributed by atoms with E-state index in [1.54, 1.807) is 11.5 Å². The molecular weight excluding hydrogens is 794 g/mol. The average molecular weight is 817 g/mol. The molecule has 1 aliphatic heterocycles. The van der Waals surface area contributed by atoms with E-state index in [-0.39, 0.29) is 25.1 Å². The van der Waals surface area contributed by atoms with E-state index < -0.39 is 57.5 Å². The van der Waals surface area contributed by atoms with Crippen LogP contribution < -0.4 is 5.56 Å². The number of nitrogens with zero attached hydrogens (tertiary/aromatic N) is 3. The molecule has 1 unspecified atom stereocenters. The van der Waals surface area contributed by atoms with Crippen LogP contribution in [0.3, 0.4) is 0 Å². The number of halogens is 5. The molecule has 0 spiro atoms. The fourth-order valence-corrected chi connectivity index (χ4v) is 7.90. The molecule has 37 heavy (non-hydrogen) atoms. The fraction of sp³-hybridized carbons (Fsp3) is 0.346. The Balaban J connectivity index is 1.68. The number of alkyl halides is 5. The first-order chi connectivity index (χ1) is 17.4. The summed E-state index contributed by atoms with van der Waals surface area (Å²) in [6.07, 6.45) is -0.803. The van der Waals surface area contributed by atoms with E-state index in [9.17, 15) is 27.2 Å². The second kappa shape index (κ2) is 11.1. The van der Waals surface area contributed by atoms with Crippen LogP contribution in [0.5, 0.6) is 0 Å². The maximum atomic E-state index is 13.9. The van der Waals surface area contributed by atoms with Crippen molar-refractivity contribution in [2.24, 2.45) is 5.92 Å². The SMILES string of the molecule is Cc1nc2c(c(=O)n1C(c1ccccc1)c1ccccc1)CCN(C(=O)CC(C(F)(F)I)[C](F)(F)[Tl])C2. The molecule has 0 N–H and O–H groups in total. The topological polar surface area (TPSA) is 55.2 Å². The number of fused-ring (bicyclic) bond motifs is 1. The second-order valence-corrected chi connectivity index (χ2v) is 13.5. The Morgan fingerprint density at radius 1 is 1.05 bits per heavy atom. The number of hydrogen-bond donors (Lipinski definition) is 0. The molecule has 0 radical (unpaired) electrons. The quantitative estimate of drug-likeness (QED) is 0.148. The van der Waals surface area contributed by atoms with E-state index in [1.165, 1.54) is 4.90 Å². The molecule has 192 valence electrons. The van der Waals surface area contributed by atoms with Gasteiger partial charge < -0.3 is 0 Å². The first kappa shape index (κ1) is 28.2. The van der Waals surface area contributed by atoms with Crippen LogP contribution >= 0.6 is 22.6 Å². The van der Waals surface area contributed by atoms with Crippen LogP contribution in [0.1, 0.15) is 40.7 Å². The molecule has 4 rings (SSSR count). The van der Waals surface area contributed by atoms with Gasteiger partial charge in [-0.25, -0.2) is 0 Å². The number of carbonyl (C=O) groups excluding carboxylic acids is 1. The van der Waals surface area contributed by atoms with E-state index in [4.69, 9.17) is 0 Å². The Hall–Kier alpha value is -1.84. The number of amides is 1. The zero-order chi connectivity index (χ0) is 27.0. The Morgan fingerprint density at radius 3 is 2.08 bits per heavy atom.